The second-order valence-corrected chi connectivity index (χ2v) is 4.86. The van der Waals surface area contributed by atoms with E-state index in [2.05, 4.69) is 9.97 Å². The smallest absolute Gasteiger partial charge is 0.354 e. The fraction of sp³-hybridized carbons (Fsp3) is 0. The van der Waals surface area contributed by atoms with Crippen LogP contribution in [0.15, 0.2) is 48.8 Å². The highest BCUT2D eigenvalue weighted by atomic mass is 19.2. The molecule has 0 radical (unpaired) electrons. The molecule has 1 aromatic carbocycles. The summed E-state index contributed by atoms with van der Waals surface area (Å²) in [5, 5.41) is 9.01. The molecule has 4 nitrogen and oxygen atoms in total. The van der Waals surface area contributed by atoms with Gasteiger partial charge in [-0.1, -0.05) is 6.07 Å². The Labute approximate surface area is 134 Å². The minimum atomic E-state index is -1.62. The molecule has 3 aromatic rings. The van der Waals surface area contributed by atoms with Gasteiger partial charge in [0.1, 0.15) is 5.69 Å². The van der Waals surface area contributed by atoms with E-state index in [9.17, 15) is 18.0 Å². The van der Waals surface area contributed by atoms with Gasteiger partial charge in [0.15, 0.2) is 17.5 Å². The quantitative estimate of drug-likeness (QED) is 0.739. The van der Waals surface area contributed by atoms with Crippen LogP contribution < -0.4 is 0 Å². The van der Waals surface area contributed by atoms with Crippen molar-refractivity contribution in [3.8, 4) is 22.4 Å². The van der Waals surface area contributed by atoms with E-state index in [-0.39, 0.29) is 28.1 Å². The van der Waals surface area contributed by atoms with Gasteiger partial charge in [-0.15, -0.1) is 0 Å². The van der Waals surface area contributed by atoms with Crippen molar-refractivity contribution in [2.45, 2.75) is 0 Å². The standard InChI is InChI=1S/C17H9F3N2O2/c18-11-8-10(9-4-6-22-13(7-9)17(23)24)14(16(20)15(11)19)12-3-1-2-5-21-12/h1-8H,(H,23,24). The number of hydrogen-bond donors (Lipinski definition) is 1. The fourth-order valence-electron chi connectivity index (χ4n) is 2.30. The molecule has 0 fully saturated rings. The SMILES string of the molecule is O=C(O)c1cc(-c2cc(F)c(F)c(F)c2-c2ccccn2)ccn1. The lowest BCUT2D eigenvalue weighted by atomic mass is 9.96. The number of rotatable bonds is 3. The number of carbonyl (C=O) groups is 1. The molecule has 0 aliphatic heterocycles. The second-order valence-electron chi connectivity index (χ2n) is 4.86. The zero-order chi connectivity index (χ0) is 17.3. The Kier molecular flexibility index (Phi) is 3.99. The minimum absolute atomic E-state index is 0.0185. The summed E-state index contributed by atoms with van der Waals surface area (Å²) in [5.41, 5.74) is -0.296. The molecule has 0 aliphatic carbocycles. The van der Waals surface area contributed by atoms with Gasteiger partial charge in [-0.05, 0) is 41.5 Å². The first-order valence-electron chi connectivity index (χ1n) is 6.77. The summed E-state index contributed by atoms with van der Waals surface area (Å²) in [4.78, 5) is 18.7. The molecule has 0 unspecified atom stereocenters. The Morgan fingerprint density at radius 2 is 1.75 bits per heavy atom. The third-order valence-corrected chi connectivity index (χ3v) is 3.37. The van der Waals surface area contributed by atoms with Crippen molar-refractivity contribution in [3.63, 3.8) is 0 Å². The molecule has 7 heteroatoms. The molecule has 0 bridgehead atoms. The van der Waals surface area contributed by atoms with E-state index in [0.717, 1.165) is 12.1 Å². The summed E-state index contributed by atoms with van der Waals surface area (Å²) < 4.78 is 41.8. The molecule has 1 N–H and O–H groups in total. The first-order chi connectivity index (χ1) is 11.5. The molecule has 3 rings (SSSR count). The molecule has 24 heavy (non-hydrogen) atoms. The van der Waals surface area contributed by atoms with E-state index in [0.29, 0.717) is 0 Å². The van der Waals surface area contributed by atoms with E-state index >= 15 is 0 Å². The van der Waals surface area contributed by atoms with Gasteiger partial charge in [0, 0.05) is 18.0 Å². The number of pyridine rings is 2. The van der Waals surface area contributed by atoms with Gasteiger partial charge in [0.2, 0.25) is 0 Å². The summed E-state index contributed by atoms with van der Waals surface area (Å²) >= 11 is 0. The largest absolute Gasteiger partial charge is 0.477 e. The van der Waals surface area contributed by atoms with E-state index in [1.165, 1.54) is 24.5 Å². The Hall–Kier alpha value is -3.22. The van der Waals surface area contributed by atoms with Crippen LogP contribution in [-0.2, 0) is 0 Å². The lowest BCUT2D eigenvalue weighted by Crippen LogP contribution is -2.02. The van der Waals surface area contributed by atoms with Crippen molar-refractivity contribution < 1.29 is 23.1 Å². The summed E-state index contributed by atoms with van der Waals surface area (Å²) in [7, 11) is 0. The van der Waals surface area contributed by atoms with Crippen LogP contribution in [0.4, 0.5) is 13.2 Å². The van der Waals surface area contributed by atoms with Crippen molar-refractivity contribution >= 4 is 5.97 Å². The van der Waals surface area contributed by atoms with Crippen LogP contribution in [-0.4, -0.2) is 21.0 Å². The summed E-state index contributed by atoms with van der Waals surface area (Å²) in [6.45, 7) is 0. The highest BCUT2D eigenvalue weighted by Gasteiger charge is 2.22. The maximum Gasteiger partial charge on any atom is 0.354 e. The topological polar surface area (TPSA) is 63.1 Å². The molecule has 0 saturated carbocycles. The van der Waals surface area contributed by atoms with E-state index in [1.54, 1.807) is 12.1 Å². The van der Waals surface area contributed by atoms with Crippen LogP contribution >= 0.6 is 0 Å². The molecule has 0 saturated heterocycles. The average molecular weight is 330 g/mol. The molecule has 120 valence electrons. The Morgan fingerprint density at radius 3 is 2.42 bits per heavy atom. The average Bonchev–Trinajstić information content (AvgIpc) is 2.60. The van der Waals surface area contributed by atoms with Gasteiger partial charge in [-0.25, -0.2) is 22.9 Å². The van der Waals surface area contributed by atoms with Crippen LogP contribution in [0.5, 0.6) is 0 Å². The van der Waals surface area contributed by atoms with Crippen LogP contribution in [0.3, 0.4) is 0 Å². The monoisotopic (exact) mass is 330 g/mol. The third-order valence-electron chi connectivity index (χ3n) is 3.37. The number of aromatic nitrogens is 2. The summed E-state index contributed by atoms with van der Waals surface area (Å²) in [6.07, 6.45) is 2.58. The summed E-state index contributed by atoms with van der Waals surface area (Å²) in [5.74, 6) is -5.68. The zero-order valence-electron chi connectivity index (χ0n) is 12.0. The number of carboxylic acids is 1. The molecular weight excluding hydrogens is 321 g/mol. The third kappa shape index (κ3) is 2.71. The first-order valence-corrected chi connectivity index (χ1v) is 6.77. The highest BCUT2D eigenvalue weighted by molar-refractivity contribution is 5.89. The Balaban J connectivity index is 2.32. The van der Waals surface area contributed by atoms with Crippen molar-refractivity contribution in [3.05, 3.63) is 71.9 Å². The molecule has 2 heterocycles. The fourth-order valence-corrected chi connectivity index (χ4v) is 2.30. The predicted octanol–water partition coefficient (Wildman–Crippen LogP) is 3.93. The maximum absolute atomic E-state index is 14.4. The lowest BCUT2D eigenvalue weighted by Gasteiger charge is -2.12. The van der Waals surface area contributed by atoms with Gasteiger partial charge in [0.05, 0.1) is 5.69 Å². The molecular formula is C17H9F3N2O2. The van der Waals surface area contributed by atoms with Crippen molar-refractivity contribution in [2.75, 3.05) is 0 Å². The predicted molar refractivity (Wildman–Crippen MR) is 79.7 cm³/mol. The van der Waals surface area contributed by atoms with Crippen molar-refractivity contribution in [2.24, 2.45) is 0 Å². The maximum atomic E-state index is 14.4. The molecule has 0 amide bonds. The van der Waals surface area contributed by atoms with E-state index in [1.807, 2.05) is 0 Å². The Bertz CT molecular complexity index is 931. The molecule has 2 aromatic heterocycles. The number of benzene rings is 1. The molecule has 0 atom stereocenters. The van der Waals surface area contributed by atoms with Crippen LogP contribution in [0.2, 0.25) is 0 Å². The van der Waals surface area contributed by atoms with Gasteiger partial charge in [-0.2, -0.15) is 0 Å². The number of halogens is 3. The van der Waals surface area contributed by atoms with Crippen LogP contribution in [0.1, 0.15) is 10.5 Å². The first kappa shape index (κ1) is 15.7. The van der Waals surface area contributed by atoms with E-state index in [4.69, 9.17) is 5.11 Å². The van der Waals surface area contributed by atoms with Gasteiger partial charge in [-0.3, -0.25) is 4.98 Å². The second kappa shape index (κ2) is 6.11. The molecule has 0 aliphatic rings. The number of aromatic carboxylic acids is 1. The highest BCUT2D eigenvalue weighted by Crippen LogP contribution is 2.35. The molecule has 0 spiro atoms. The van der Waals surface area contributed by atoms with Gasteiger partial charge in [0.25, 0.3) is 0 Å². The van der Waals surface area contributed by atoms with Crippen molar-refractivity contribution in [1.82, 2.24) is 9.97 Å². The van der Waals surface area contributed by atoms with Crippen LogP contribution in [0, 0.1) is 17.5 Å². The number of carboxylic acid groups (broad SMARTS) is 1. The number of nitrogens with zero attached hydrogens (tertiary/aromatic N) is 2. The van der Waals surface area contributed by atoms with Gasteiger partial charge < -0.3 is 5.11 Å². The normalized spacial score (nSPS) is 10.6. The van der Waals surface area contributed by atoms with Crippen molar-refractivity contribution in [1.29, 1.82) is 0 Å². The summed E-state index contributed by atoms with van der Waals surface area (Å²) in [6, 6.07) is 7.95. The zero-order valence-corrected chi connectivity index (χ0v) is 12.0. The van der Waals surface area contributed by atoms with E-state index < -0.39 is 23.4 Å². The minimum Gasteiger partial charge on any atom is -0.477 e. The lowest BCUT2D eigenvalue weighted by molar-refractivity contribution is 0.0690. The Morgan fingerprint density at radius 1 is 0.958 bits per heavy atom. The van der Waals surface area contributed by atoms with Crippen LogP contribution in [0.25, 0.3) is 22.4 Å². The number of hydrogen-bond acceptors (Lipinski definition) is 3. The van der Waals surface area contributed by atoms with Gasteiger partial charge >= 0.3 is 5.97 Å².